The van der Waals surface area contributed by atoms with Crippen LogP contribution in [-0.4, -0.2) is 56.8 Å². The van der Waals surface area contributed by atoms with E-state index in [0.29, 0.717) is 12.3 Å². The number of carbonyl (C=O) groups is 1. The van der Waals surface area contributed by atoms with Crippen LogP contribution in [0.15, 0.2) is 0 Å². The molecule has 0 bridgehead atoms. The minimum Gasteiger partial charge on any atom is -0.355 e. The first kappa shape index (κ1) is 23.0. The molecule has 0 aromatic carbocycles. The maximum absolute atomic E-state index is 12.1. The Morgan fingerprint density at radius 3 is 2.57 bits per heavy atom. The Bertz CT molecular complexity index is 287. The van der Waals surface area contributed by atoms with E-state index < -0.39 is 12.7 Å². The first-order valence-corrected chi connectivity index (χ1v) is 6.59. The highest BCUT2D eigenvalue weighted by atomic mass is 35.5. The van der Waals surface area contributed by atoms with E-state index >= 15 is 0 Å². The molecule has 1 aliphatic rings. The number of rotatable bonds is 7. The summed E-state index contributed by atoms with van der Waals surface area (Å²) in [6.07, 6.45) is -1.79. The zero-order valence-corrected chi connectivity index (χ0v) is 13.7. The van der Waals surface area contributed by atoms with Crippen LogP contribution in [0, 0.1) is 5.92 Å². The Hall–Kier alpha value is -0.240. The van der Waals surface area contributed by atoms with Crippen LogP contribution in [0.1, 0.15) is 19.3 Å². The SMILES string of the molecule is CN(CCNC(=O)CCC1CCNC1)CC(F)(F)F.Cl.Cl. The van der Waals surface area contributed by atoms with Crippen molar-refractivity contribution in [3.05, 3.63) is 0 Å². The highest BCUT2D eigenvalue weighted by molar-refractivity contribution is 5.85. The Kier molecular flexibility index (Phi) is 12.4. The fourth-order valence-electron chi connectivity index (χ4n) is 2.16. The number of hydrogen-bond acceptors (Lipinski definition) is 3. The van der Waals surface area contributed by atoms with Crippen LogP contribution in [0.25, 0.3) is 0 Å². The van der Waals surface area contributed by atoms with Gasteiger partial charge in [-0.05, 0) is 38.9 Å². The average molecular weight is 354 g/mol. The maximum atomic E-state index is 12.1. The number of halogens is 5. The first-order chi connectivity index (χ1) is 8.87. The van der Waals surface area contributed by atoms with Gasteiger partial charge in [0.1, 0.15) is 0 Å². The Balaban J connectivity index is 0. The van der Waals surface area contributed by atoms with E-state index in [1.165, 1.54) is 7.05 Å². The van der Waals surface area contributed by atoms with E-state index in [1.54, 1.807) is 0 Å². The molecular weight excluding hydrogens is 330 g/mol. The van der Waals surface area contributed by atoms with E-state index in [4.69, 9.17) is 0 Å². The molecule has 9 heteroatoms. The second-order valence-corrected chi connectivity index (χ2v) is 5.10. The van der Waals surface area contributed by atoms with Gasteiger partial charge in [0.15, 0.2) is 0 Å². The lowest BCUT2D eigenvalue weighted by atomic mass is 10.0. The summed E-state index contributed by atoms with van der Waals surface area (Å²) in [7, 11) is 1.39. The summed E-state index contributed by atoms with van der Waals surface area (Å²) in [5.41, 5.74) is 0. The highest BCUT2D eigenvalue weighted by Gasteiger charge is 2.28. The number of amides is 1. The molecule has 1 rings (SSSR count). The number of alkyl halides is 3. The Morgan fingerprint density at radius 1 is 1.38 bits per heavy atom. The fraction of sp³-hybridized carbons (Fsp3) is 0.917. The third kappa shape index (κ3) is 12.0. The molecular formula is C12H24Cl2F3N3O. The highest BCUT2D eigenvalue weighted by Crippen LogP contribution is 2.15. The van der Waals surface area contributed by atoms with Gasteiger partial charge < -0.3 is 10.6 Å². The molecule has 1 saturated heterocycles. The molecule has 0 aromatic rings. The van der Waals surface area contributed by atoms with Gasteiger partial charge in [-0.3, -0.25) is 9.69 Å². The molecule has 0 radical (unpaired) electrons. The smallest absolute Gasteiger partial charge is 0.355 e. The zero-order chi connectivity index (χ0) is 14.3. The van der Waals surface area contributed by atoms with Crippen molar-refractivity contribution in [3.8, 4) is 0 Å². The molecule has 1 heterocycles. The number of likely N-dealkylation sites (N-methyl/N-ethyl adjacent to an activating group) is 1. The van der Waals surface area contributed by atoms with E-state index in [2.05, 4.69) is 10.6 Å². The number of carbonyl (C=O) groups excluding carboxylic acids is 1. The van der Waals surface area contributed by atoms with Gasteiger partial charge in [-0.15, -0.1) is 24.8 Å². The topological polar surface area (TPSA) is 44.4 Å². The molecule has 0 aliphatic carbocycles. The summed E-state index contributed by atoms with van der Waals surface area (Å²) < 4.78 is 36.2. The molecule has 0 aromatic heterocycles. The van der Waals surface area contributed by atoms with Crippen molar-refractivity contribution in [2.24, 2.45) is 5.92 Å². The predicted octanol–water partition coefficient (Wildman–Crippen LogP) is 1.83. The standard InChI is InChI=1S/C12H22F3N3O.2ClH/c1-18(9-12(13,14)15)7-6-17-11(19)3-2-10-4-5-16-8-10;;/h10,16H,2-9H2,1H3,(H,17,19);2*1H. The molecule has 2 N–H and O–H groups in total. The van der Waals surface area contributed by atoms with Crippen molar-refractivity contribution < 1.29 is 18.0 Å². The van der Waals surface area contributed by atoms with Crippen LogP contribution < -0.4 is 10.6 Å². The molecule has 1 amide bonds. The largest absolute Gasteiger partial charge is 0.401 e. The summed E-state index contributed by atoms with van der Waals surface area (Å²) in [4.78, 5) is 12.6. The molecule has 4 nitrogen and oxygen atoms in total. The summed E-state index contributed by atoms with van der Waals surface area (Å²) in [5.74, 6) is 0.478. The molecule has 1 unspecified atom stereocenters. The second-order valence-electron chi connectivity index (χ2n) is 5.10. The minimum absolute atomic E-state index is 0. The Morgan fingerprint density at radius 2 is 2.05 bits per heavy atom. The van der Waals surface area contributed by atoms with Crippen molar-refractivity contribution in [1.82, 2.24) is 15.5 Å². The van der Waals surface area contributed by atoms with Gasteiger partial charge in [-0.25, -0.2) is 0 Å². The van der Waals surface area contributed by atoms with Crippen LogP contribution in [0.4, 0.5) is 13.2 Å². The lowest BCUT2D eigenvalue weighted by Gasteiger charge is -2.18. The summed E-state index contributed by atoms with van der Waals surface area (Å²) >= 11 is 0. The lowest BCUT2D eigenvalue weighted by molar-refractivity contribution is -0.142. The quantitative estimate of drug-likeness (QED) is 0.733. The monoisotopic (exact) mass is 353 g/mol. The van der Waals surface area contributed by atoms with Crippen LogP contribution in [0.2, 0.25) is 0 Å². The molecule has 0 spiro atoms. The number of hydrogen-bond donors (Lipinski definition) is 2. The van der Waals surface area contributed by atoms with Gasteiger partial charge in [0.25, 0.3) is 0 Å². The Labute approximate surface area is 136 Å². The lowest BCUT2D eigenvalue weighted by Crippen LogP contribution is -2.37. The van der Waals surface area contributed by atoms with Gasteiger partial charge >= 0.3 is 6.18 Å². The third-order valence-corrected chi connectivity index (χ3v) is 3.21. The van der Waals surface area contributed by atoms with Crippen molar-refractivity contribution in [3.63, 3.8) is 0 Å². The number of nitrogens with zero attached hydrogens (tertiary/aromatic N) is 1. The zero-order valence-electron chi connectivity index (χ0n) is 12.0. The molecule has 1 fully saturated rings. The predicted molar refractivity (Wildman–Crippen MR) is 81.3 cm³/mol. The van der Waals surface area contributed by atoms with Crippen LogP contribution in [0.5, 0.6) is 0 Å². The van der Waals surface area contributed by atoms with Crippen LogP contribution in [-0.2, 0) is 4.79 Å². The van der Waals surface area contributed by atoms with Crippen LogP contribution in [0.3, 0.4) is 0 Å². The van der Waals surface area contributed by atoms with Gasteiger partial charge in [0, 0.05) is 19.5 Å². The third-order valence-electron chi connectivity index (χ3n) is 3.21. The minimum atomic E-state index is -4.19. The van der Waals surface area contributed by atoms with Gasteiger partial charge in [-0.1, -0.05) is 0 Å². The van der Waals surface area contributed by atoms with Crippen molar-refractivity contribution >= 4 is 30.7 Å². The van der Waals surface area contributed by atoms with Gasteiger partial charge in [0.2, 0.25) is 5.91 Å². The van der Waals surface area contributed by atoms with Crippen molar-refractivity contribution in [2.45, 2.75) is 25.4 Å². The molecule has 21 heavy (non-hydrogen) atoms. The second kappa shape index (κ2) is 11.3. The first-order valence-electron chi connectivity index (χ1n) is 6.59. The van der Waals surface area contributed by atoms with Crippen molar-refractivity contribution in [2.75, 3.05) is 39.8 Å². The normalized spacial score (nSPS) is 18.0. The van der Waals surface area contributed by atoms with Gasteiger partial charge in [-0.2, -0.15) is 13.2 Å². The summed E-state index contributed by atoms with van der Waals surface area (Å²) in [6, 6.07) is 0. The maximum Gasteiger partial charge on any atom is 0.401 e. The molecule has 128 valence electrons. The average Bonchev–Trinajstić information content (AvgIpc) is 2.76. The van der Waals surface area contributed by atoms with E-state index in [-0.39, 0.29) is 43.8 Å². The van der Waals surface area contributed by atoms with Crippen molar-refractivity contribution in [1.29, 1.82) is 0 Å². The molecule has 0 saturated carbocycles. The van der Waals surface area contributed by atoms with E-state index in [9.17, 15) is 18.0 Å². The van der Waals surface area contributed by atoms with E-state index in [1.807, 2.05) is 0 Å². The van der Waals surface area contributed by atoms with Gasteiger partial charge in [0.05, 0.1) is 6.54 Å². The molecule has 1 aliphatic heterocycles. The van der Waals surface area contributed by atoms with Crippen LogP contribution >= 0.6 is 24.8 Å². The molecule has 1 atom stereocenters. The number of nitrogens with one attached hydrogen (secondary N) is 2. The van der Waals surface area contributed by atoms with E-state index in [0.717, 1.165) is 30.8 Å². The summed E-state index contributed by atoms with van der Waals surface area (Å²) in [6.45, 7) is 1.48. The fourth-order valence-corrected chi connectivity index (χ4v) is 2.16. The summed E-state index contributed by atoms with van der Waals surface area (Å²) in [5, 5.41) is 5.89.